The summed E-state index contributed by atoms with van der Waals surface area (Å²) in [6, 6.07) is 3.70. The number of aromatic nitrogens is 3. The molecule has 0 saturated carbocycles. The number of amides is 2. The lowest BCUT2D eigenvalue weighted by Crippen LogP contribution is -2.54. The lowest BCUT2D eigenvalue weighted by atomic mass is 9.85. The van der Waals surface area contributed by atoms with Crippen LogP contribution < -0.4 is 26.9 Å². The Morgan fingerprint density at radius 3 is 2.30 bits per heavy atom. The molecule has 0 atom stereocenters. The number of pyridine rings is 1. The summed E-state index contributed by atoms with van der Waals surface area (Å²) in [4.78, 5) is 40.8. The van der Waals surface area contributed by atoms with Gasteiger partial charge in [-0.1, -0.05) is 0 Å². The Labute approximate surface area is 235 Å². The summed E-state index contributed by atoms with van der Waals surface area (Å²) < 4.78 is 17.5. The highest BCUT2D eigenvalue weighted by Gasteiger charge is 2.52. The largest absolute Gasteiger partial charge is 0.516 e. The molecular formula is C27H40BN7O5. The minimum atomic E-state index is -0.785. The van der Waals surface area contributed by atoms with Gasteiger partial charge in [0.1, 0.15) is 5.60 Å². The molecule has 4 rings (SSSR count). The van der Waals surface area contributed by atoms with E-state index in [-0.39, 0.29) is 11.5 Å². The van der Waals surface area contributed by atoms with Crippen molar-refractivity contribution in [1.82, 2.24) is 20.3 Å². The SMILES string of the molecule is CC1(NC(=O)OC(C)(C)C)CCN(c2cccnc2NC(=O)c2nc(B3OC(C)(C)C(C)(C)O3)cnc2N)CC1. The molecule has 2 aromatic heterocycles. The molecule has 4 heterocycles. The van der Waals surface area contributed by atoms with Crippen LogP contribution >= 0.6 is 0 Å². The molecule has 2 fully saturated rings. The Hall–Kier alpha value is -3.45. The zero-order chi connectivity index (χ0) is 29.5. The number of carbonyl (C=O) groups excluding carboxylic acids is 2. The van der Waals surface area contributed by atoms with Crippen LogP contribution in [0, 0.1) is 0 Å². The van der Waals surface area contributed by atoms with Crippen molar-refractivity contribution in [3.05, 3.63) is 30.2 Å². The number of alkyl carbamates (subject to hydrolysis) is 1. The van der Waals surface area contributed by atoms with Gasteiger partial charge in [0.2, 0.25) is 0 Å². The molecule has 2 amide bonds. The van der Waals surface area contributed by atoms with E-state index in [0.717, 1.165) is 5.69 Å². The second-order valence-electron chi connectivity index (χ2n) is 12.6. The Bertz CT molecular complexity index is 1260. The van der Waals surface area contributed by atoms with Crippen LogP contribution in [0.15, 0.2) is 24.5 Å². The van der Waals surface area contributed by atoms with E-state index in [1.54, 1.807) is 6.20 Å². The molecule has 0 radical (unpaired) electrons. The van der Waals surface area contributed by atoms with E-state index < -0.39 is 41.5 Å². The van der Waals surface area contributed by atoms with Gasteiger partial charge < -0.3 is 35.3 Å². The minimum Gasteiger partial charge on any atom is -0.444 e. The molecular weight excluding hydrogens is 513 g/mol. The van der Waals surface area contributed by atoms with Crippen molar-refractivity contribution < 1.29 is 23.6 Å². The van der Waals surface area contributed by atoms with Crippen molar-refractivity contribution in [2.24, 2.45) is 0 Å². The van der Waals surface area contributed by atoms with Gasteiger partial charge in [0, 0.05) is 31.0 Å². The van der Waals surface area contributed by atoms with Crippen molar-refractivity contribution >= 4 is 42.0 Å². The molecule has 0 bridgehead atoms. The summed E-state index contributed by atoms with van der Waals surface area (Å²) in [6.45, 7) is 16.5. The second kappa shape index (κ2) is 10.5. The topological polar surface area (TPSA) is 154 Å². The number of carbonyl (C=O) groups is 2. The van der Waals surface area contributed by atoms with E-state index in [0.29, 0.717) is 37.3 Å². The Morgan fingerprint density at radius 1 is 1.07 bits per heavy atom. The molecule has 2 saturated heterocycles. The molecule has 2 aliphatic rings. The lowest BCUT2D eigenvalue weighted by Gasteiger charge is -2.41. The van der Waals surface area contributed by atoms with Gasteiger partial charge in [-0.05, 0) is 80.4 Å². The van der Waals surface area contributed by atoms with Gasteiger partial charge in [-0.15, -0.1) is 0 Å². The van der Waals surface area contributed by atoms with Crippen LogP contribution in [0.5, 0.6) is 0 Å². The van der Waals surface area contributed by atoms with Crippen LogP contribution in [0.3, 0.4) is 0 Å². The molecule has 4 N–H and O–H groups in total. The summed E-state index contributed by atoms with van der Waals surface area (Å²) >= 11 is 0. The van der Waals surface area contributed by atoms with E-state index in [9.17, 15) is 9.59 Å². The van der Waals surface area contributed by atoms with Crippen molar-refractivity contribution in [1.29, 1.82) is 0 Å². The van der Waals surface area contributed by atoms with Gasteiger partial charge in [-0.25, -0.2) is 19.7 Å². The predicted molar refractivity (Wildman–Crippen MR) is 154 cm³/mol. The fourth-order valence-corrected chi connectivity index (χ4v) is 4.49. The lowest BCUT2D eigenvalue weighted by molar-refractivity contribution is 0.00578. The summed E-state index contributed by atoms with van der Waals surface area (Å²) in [5, 5.41) is 5.86. The fourth-order valence-electron chi connectivity index (χ4n) is 4.49. The standard InChI is InChI=1S/C27H40BN7O5/c1-24(2,3)38-23(37)34-27(8)11-14-35(15-12-27)17-10-9-13-30-21(17)33-22(36)19-20(29)31-16-18(32-19)28-39-25(4,5)26(6,7)40-28/h9-10,13,16H,11-12,14-15H2,1-8H3,(H2,29,31)(H,34,37)(H,30,33,36). The fraction of sp³-hybridized carbons (Fsp3) is 0.593. The Balaban J connectivity index is 1.46. The molecule has 0 unspecified atom stereocenters. The van der Waals surface area contributed by atoms with Crippen LogP contribution in [0.4, 0.5) is 22.1 Å². The number of ether oxygens (including phenoxy) is 1. The predicted octanol–water partition coefficient (Wildman–Crippen LogP) is 2.89. The summed E-state index contributed by atoms with van der Waals surface area (Å²) in [5.74, 6) is -0.188. The summed E-state index contributed by atoms with van der Waals surface area (Å²) in [5.41, 5.74) is 4.99. The first kappa shape index (κ1) is 29.5. The molecule has 0 aliphatic carbocycles. The quantitative estimate of drug-likeness (QED) is 0.471. The van der Waals surface area contributed by atoms with Crippen LogP contribution in [-0.2, 0) is 14.0 Å². The maximum absolute atomic E-state index is 13.3. The molecule has 13 heteroatoms. The molecule has 2 aromatic rings. The number of anilines is 3. The van der Waals surface area contributed by atoms with Crippen LogP contribution in [0.1, 0.15) is 78.7 Å². The van der Waals surface area contributed by atoms with Gasteiger partial charge in [0.25, 0.3) is 5.91 Å². The van der Waals surface area contributed by atoms with Gasteiger partial charge >= 0.3 is 13.2 Å². The number of piperidine rings is 1. The van der Waals surface area contributed by atoms with Gasteiger partial charge in [-0.3, -0.25) is 4.79 Å². The average molecular weight is 553 g/mol. The highest BCUT2D eigenvalue weighted by molar-refractivity contribution is 6.61. The zero-order valence-electron chi connectivity index (χ0n) is 24.6. The second-order valence-corrected chi connectivity index (χ2v) is 12.6. The average Bonchev–Trinajstić information content (AvgIpc) is 3.05. The molecule has 216 valence electrons. The third kappa shape index (κ3) is 6.47. The normalized spacial score (nSPS) is 19.7. The summed E-state index contributed by atoms with van der Waals surface area (Å²) in [6.07, 6.45) is 4.00. The maximum atomic E-state index is 13.3. The zero-order valence-corrected chi connectivity index (χ0v) is 24.6. The molecule has 12 nitrogen and oxygen atoms in total. The Kier molecular flexibility index (Phi) is 7.76. The minimum absolute atomic E-state index is 0.0165. The first-order chi connectivity index (χ1) is 18.5. The first-order valence-electron chi connectivity index (χ1n) is 13.5. The van der Waals surface area contributed by atoms with Gasteiger partial charge in [0.05, 0.1) is 22.5 Å². The maximum Gasteiger partial charge on any atom is 0.516 e. The number of hydrogen-bond donors (Lipinski definition) is 3. The first-order valence-corrected chi connectivity index (χ1v) is 13.5. The van der Waals surface area contributed by atoms with Crippen molar-refractivity contribution in [3.63, 3.8) is 0 Å². The van der Waals surface area contributed by atoms with Crippen molar-refractivity contribution in [2.75, 3.05) is 29.0 Å². The smallest absolute Gasteiger partial charge is 0.444 e. The van der Waals surface area contributed by atoms with Gasteiger partial charge in [-0.2, -0.15) is 0 Å². The van der Waals surface area contributed by atoms with Gasteiger partial charge in [0.15, 0.2) is 17.3 Å². The molecule has 2 aliphatic heterocycles. The van der Waals surface area contributed by atoms with Crippen LogP contribution in [0.25, 0.3) is 0 Å². The van der Waals surface area contributed by atoms with E-state index in [4.69, 9.17) is 19.8 Å². The molecule has 40 heavy (non-hydrogen) atoms. The number of nitrogens with one attached hydrogen (secondary N) is 2. The van der Waals surface area contributed by atoms with Crippen LogP contribution in [0.2, 0.25) is 0 Å². The van der Waals surface area contributed by atoms with E-state index in [2.05, 4.69) is 30.5 Å². The Morgan fingerprint density at radius 2 is 1.70 bits per heavy atom. The number of nitrogen functional groups attached to an aromatic ring is 1. The van der Waals surface area contributed by atoms with Crippen molar-refractivity contribution in [3.8, 4) is 0 Å². The molecule has 0 spiro atoms. The number of hydrogen-bond acceptors (Lipinski definition) is 10. The number of nitrogens with two attached hydrogens (primary N) is 1. The van der Waals surface area contributed by atoms with E-state index in [1.165, 1.54) is 6.20 Å². The summed E-state index contributed by atoms with van der Waals surface area (Å²) in [7, 11) is -0.785. The highest BCUT2D eigenvalue weighted by atomic mass is 16.7. The highest BCUT2D eigenvalue weighted by Crippen LogP contribution is 2.36. The third-order valence-corrected chi connectivity index (χ3v) is 7.56. The monoisotopic (exact) mass is 553 g/mol. The number of nitrogens with zero attached hydrogens (tertiary/aromatic N) is 4. The van der Waals surface area contributed by atoms with E-state index >= 15 is 0 Å². The van der Waals surface area contributed by atoms with Crippen LogP contribution in [-0.4, -0.2) is 69.5 Å². The van der Waals surface area contributed by atoms with Crippen molar-refractivity contribution in [2.45, 2.75) is 90.6 Å². The van der Waals surface area contributed by atoms with E-state index in [1.807, 2.05) is 67.5 Å². The number of rotatable bonds is 5. The third-order valence-electron chi connectivity index (χ3n) is 7.56. The molecule has 0 aromatic carbocycles.